The number of hydrogen-bond donors (Lipinski definition) is 0. The Morgan fingerprint density at radius 3 is 0.636 bits per heavy atom. The lowest BCUT2D eigenvalue weighted by atomic mass is 10.1. The summed E-state index contributed by atoms with van der Waals surface area (Å²) in [5.74, 6) is 0. The van der Waals surface area contributed by atoms with Gasteiger partial charge in [-0.05, 0) is 13.8 Å². The molecule has 0 heterocycles. The molecule has 2 nitrogen and oxygen atoms in total. The largest absolute Gasteiger partial charge is 0.429 e. The molecule has 22 heavy (non-hydrogen) atoms. The Balaban J connectivity index is 5.72. The van der Waals surface area contributed by atoms with Crippen molar-refractivity contribution in [2.75, 3.05) is 0 Å². The minimum atomic E-state index is -6.40. The fourth-order valence-corrected chi connectivity index (χ4v) is 0.677. The smallest absolute Gasteiger partial charge is 0.210 e. The van der Waals surface area contributed by atoms with E-state index in [1.54, 1.807) is 0 Å². The lowest BCUT2D eigenvalue weighted by Gasteiger charge is -2.37. The zero-order chi connectivity index (χ0) is 18.4. The SMILES string of the molecule is CC(OOC(C)(C(F)(F)F)C(F)(F)F)(C(F)(F)F)C(F)(F)F. The van der Waals surface area contributed by atoms with Crippen LogP contribution in [-0.2, 0) is 9.78 Å². The second-order valence-corrected chi connectivity index (χ2v) is 4.22. The molecule has 0 aliphatic heterocycles. The van der Waals surface area contributed by atoms with Gasteiger partial charge in [0, 0.05) is 0 Å². The van der Waals surface area contributed by atoms with E-state index in [1.165, 1.54) is 0 Å². The summed E-state index contributed by atoms with van der Waals surface area (Å²) < 4.78 is 147. The maximum atomic E-state index is 12.3. The molecule has 0 fully saturated rings. The second-order valence-electron chi connectivity index (χ2n) is 4.22. The van der Waals surface area contributed by atoms with Gasteiger partial charge >= 0.3 is 24.7 Å². The van der Waals surface area contributed by atoms with Gasteiger partial charge in [-0.25, -0.2) is 9.78 Å². The number of rotatable bonds is 3. The Morgan fingerprint density at radius 1 is 0.409 bits per heavy atom. The molecule has 0 bridgehead atoms. The Morgan fingerprint density at radius 2 is 0.545 bits per heavy atom. The average molecular weight is 362 g/mol. The maximum absolute atomic E-state index is 12.3. The van der Waals surface area contributed by atoms with Crippen molar-refractivity contribution in [1.82, 2.24) is 0 Å². The van der Waals surface area contributed by atoms with Crippen LogP contribution in [0.15, 0.2) is 0 Å². The summed E-state index contributed by atoms with van der Waals surface area (Å²) in [6.07, 6.45) is -25.6. The Labute approximate surface area is 113 Å². The predicted octanol–water partition coefficient (Wildman–Crippen LogP) is 4.70. The molecule has 0 N–H and O–H groups in total. The van der Waals surface area contributed by atoms with Crippen LogP contribution in [0.5, 0.6) is 0 Å². The first kappa shape index (κ1) is 21.1. The van der Waals surface area contributed by atoms with Crippen molar-refractivity contribution in [2.24, 2.45) is 0 Å². The number of halogens is 12. The third-order valence-corrected chi connectivity index (χ3v) is 2.54. The van der Waals surface area contributed by atoms with Gasteiger partial charge < -0.3 is 0 Å². The Hall–Kier alpha value is -0.920. The van der Waals surface area contributed by atoms with E-state index < -0.39 is 49.8 Å². The molecular weight excluding hydrogens is 356 g/mol. The molecule has 0 aliphatic rings. The van der Waals surface area contributed by atoms with Gasteiger partial charge in [0.1, 0.15) is 0 Å². The van der Waals surface area contributed by atoms with Crippen molar-refractivity contribution < 1.29 is 62.5 Å². The van der Waals surface area contributed by atoms with Gasteiger partial charge in [0.15, 0.2) is 0 Å². The van der Waals surface area contributed by atoms with Crippen molar-refractivity contribution in [3.8, 4) is 0 Å². The second kappa shape index (κ2) is 5.32. The topological polar surface area (TPSA) is 18.5 Å². The van der Waals surface area contributed by atoms with Gasteiger partial charge in [-0.1, -0.05) is 0 Å². The maximum Gasteiger partial charge on any atom is 0.429 e. The summed E-state index contributed by atoms with van der Waals surface area (Å²) >= 11 is 0. The minimum absolute atomic E-state index is 0.819. The summed E-state index contributed by atoms with van der Waals surface area (Å²) in [5, 5.41) is 0. The van der Waals surface area contributed by atoms with Crippen molar-refractivity contribution in [3.63, 3.8) is 0 Å². The van der Waals surface area contributed by atoms with E-state index in [2.05, 4.69) is 9.78 Å². The first-order valence-corrected chi connectivity index (χ1v) is 4.84. The molecule has 0 rings (SSSR count). The van der Waals surface area contributed by atoms with Gasteiger partial charge in [0.2, 0.25) is 0 Å². The van der Waals surface area contributed by atoms with Crippen LogP contribution in [0.3, 0.4) is 0 Å². The molecule has 0 spiro atoms. The zero-order valence-electron chi connectivity index (χ0n) is 10.4. The lowest BCUT2D eigenvalue weighted by Crippen LogP contribution is -2.62. The molecule has 0 atom stereocenters. The summed E-state index contributed by atoms with van der Waals surface area (Å²) in [4.78, 5) is 5.17. The standard InChI is InChI=1S/C8H6F12O2/c1-3(5(9,10)11,6(12,13)14)21-22-4(2,7(15,16)17)8(18,19)20/h1-2H3. The van der Waals surface area contributed by atoms with Crippen LogP contribution in [0.2, 0.25) is 0 Å². The minimum Gasteiger partial charge on any atom is -0.210 e. The molecule has 134 valence electrons. The lowest BCUT2D eigenvalue weighted by molar-refractivity contribution is -0.545. The normalized spacial score (nSPS) is 16.1. The van der Waals surface area contributed by atoms with Gasteiger partial charge in [-0.2, -0.15) is 52.7 Å². The quantitative estimate of drug-likeness (QED) is 0.412. The third kappa shape index (κ3) is 3.52. The number of alkyl halides is 12. The van der Waals surface area contributed by atoms with Crippen LogP contribution in [0.1, 0.15) is 13.8 Å². The summed E-state index contributed by atoms with van der Waals surface area (Å²) in [5.41, 5.74) is -10.8. The van der Waals surface area contributed by atoms with E-state index in [0.29, 0.717) is 0 Å². The van der Waals surface area contributed by atoms with E-state index >= 15 is 0 Å². The molecule has 0 saturated heterocycles. The summed E-state index contributed by atoms with van der Waals surface area (Å²) in [6, 6.07) is 0. The van der Waals surface area contributed by atoms with Crippen molar-refractivity contribution in [3.05, 3.63) is 0 Å². The van der Waals surface area contributed by atoms with Gasteiger partial charge in [0.05, 0.1) is 0 Å². The van der Waals surface area contributed by atoms with Crippen molar-refractivity contribution in [2.45, 2.75) is 49.8 Å². The van der Waals surface area contributed by atoms with E-state index in [4.69, 9.17) is 0 Å². The Bertz CT molecular complexity index is 320. The van der Waals surface area contributed by atoms with E-state index in [-0.39, 0.29) is 0 Å². The van der Waals surface area contributed by atoms with Crippen LogP contribution in [-0.4, -0.2) is 35.9 Å². The van der Waals surface area contributed by atoms with E-state index in [1.807, 2.05) is 0 Å². The highest BCUT2D eigenvalue weighted by molar-refractivity contribution is 4.93. The Kier molecular flexibility index (Phi) is 5.09. The third-order valence-electron chi connectivity index (χ3n) is 2.54. The average Bonchev–Trinajstić information content (AvgIpc) is 2.18. The van der Waals surface area contributed by atoms with Crippen LogP contribution in [0.25, 0.3) is 0 Å². The fourth-order valence-electron chi connectivity index (χ4n) is 0.677. The highest BCUT2D eigenvalue weighted by Gasteiger charge is 2.75. The van der Waals surface area contributed by atoms with Gasteiger partial charge in [-0.3, -0.25) is 0 Å². The fraction of sp³-hybridized carbons (Fsp3) is 1.00. The summed E-state index contributed by atoms with van der Waals surface area (Å²) in [6.45, 7) is -1.64. The van der Waals surface area contributed by atoms with E-state index in [9.17, 15) is 52.7 Å². The molecular formula is C8H6F12O2. The molecule has 0 unspecified atom stereocenters. The monoisotopic (exact) mass is 362 g/mol. The molecule has 0 aromatic heterocycles. The van der Waals surface area contributed by atoms with Crippen molar-refractivity contribution >= 4 is 0 Å². The molecule has 0 aromatic carbocycles. The van der Waals surface area contributed by atoms with Gasteiger partial charge in [0.25, 0.3) is 11.2 Å². The van der Waals surface area contributed by atoms with E-state index in [0.717, 1.165) is 0 Å². The highest BCUT2D eigenvalue weighted by atomic mass is 19.4. The zero-order valence-corrected chi connectivity index (χ0v) is 10.4. The van der Waals surface area contributed by atoms with Crippen LogP contribution < -0.4 is 0 Å². The molecule has 0 radical (unpaired) electrons. The first-order chi connectivity index (χ1) is 9.21. The molecule has 0 amide bonds. The molecule has 0 saturated carbocycles. The van der Waals surface area contributed by atoms with Crippen molar-refractivity contribution in [1.29, 1.82) is 0 Å². The highest BCUT2D eigenvalue weighted by Crippen LogP contribution is 2.50. The molecule has 0 aliphatic carbocycles. The van der Waals surface area contributed by atoms with Crippen LogP contribution >= 0.6 is 0 Å². The molecule has 0 aromatic rings. The number of hydrogen-bond acceptors (Lipinski definition) is 2. The van der Waals surface area contributed by atoms with Gasteiger partial charge in [-0.15, -0.1) is 0 Å². The van der Waals surface area contributed by atoms with Crippen LogP contribution in [0.4, 0.5) is 52.7 Å². The summed E-state index contributed by atoms with van der Waals surface area (Å²) in [7, 11) is 0. The first-order valence-electron chi connectivity index (χ1n) is 4.84. The predicted molar refractivity (Wildman–Crippen MR) is 43.2 cm³/mol. The molecule has 14 heteroatoms. The van der Waals surface area contributed by atoms with Crippen LogP contribution in [0, 0.1) is 0 Å².